The second-order valence-corrected chi connectivity index (χ2v) is 7.87. The Labute approximate surface area is 177 Å². The quantitative estimate of drug-likeness (QED) is 0.693. The molecule has 8 heteroatoms. The lowest BCUT2D eigenvalue weighted by molar-refractivity contribution is -0.124. The first-order valence-electron chi connectivity index (χ1n) is 10.7. The first-order valence-corrected chi connectivity index (χ1v) is 10.7. The number of aromatic nitrogens is 3. The highest BCUT2D eigenvalue weighted by Crippen LogP contribution is 2.15. The van der Waals surface area contributed by atoms with Gasteiger partial charge in [0.05, 0.1) is 13.2 Å². The summed E-state index contributed by atoms with van der Waals surface area (Å²) in [6.07, 6.45) is 4.33. The van der Waals surface area contributed by atoms with Crippen molar-refractivity contribution in [3.8, 4) is 5.75 Å². The van der Waals surface area contributed by atoms with Crippen LogP contribution in [0, 0.1) is 5.92 Å². The first-order chi connectivity index (χ1) is 14.5. The maximum atomic E-state index is 12.8. The summed E-state index contributed by atoms with van der Waals surface area (Å²) in [5.41, 5.74) is 0.486. The molecule has 1 aromatic carbocycles. The molecule has 3 rings (SSSR count). The van der Waals surface area contributed by atoms with Gasteiger partial charge in [0.25, 0.3) is 5.91 Å². The number of fused-ring (bicyclic) bond motifs is 1. The van der Waals surface area contributed by atoms with Crippen LogP contribution in [0.15, 0.2) is 24.3 Å². The number of ether oxygens (including phenoxy) is 1. The van der Waals surface area contributed by atoms with Gasteiger partial charge in [0, 0.05) is 18.5 Å². The fraction of sp³-hybridized carbons (Fsp3) is 0.545. The average molecular weight is 414 g/mol. The summed E-state index contributed by atoms with van der Waals surface area (Å²) in [5.74, 6) is 1.88. The van der Waals surface area contributed by atoms with E-state index in [1.165, 1.54) is 6.42 Å². The highest BCUT2D eigenvalue weighted by molar-refractivity contribution is 5.97. The molecule has 8 nitrogen and oxygen atoms in total. The van der Waals surface area contributed by atoms with Crippen LogP contribution in [-0.4, -0.2) is 39.2 Å². The molecule has 1 aromatic heterocycles. The lowest BCUT2D eigenvalue weighted by Gasteiger charge is -2.22. The van der Waals surface area contributed by atoms with E-state index in [4.69, 9.17) is 4.74 Å². The van der Waals surface area contributed by atoms with Crippen molar-refractivity contribution in [3.63, 3.8) is 0 Å². The van der Waals surface area contributed by atoms with Crippen LogP contribution in [-0.2, 0) is 24.3 Å². The van der Waals surface area contributed by atoms with Crippen molar-refractivity contribution in [3.05, 3.63) is 41.5 Å². The minimum atomic E-state index is -0.643. The van der Waals surface area contributed by atoms with Crippen LogP contribution in [0.3, 0.4) is 0 Å². The molecular weight excluding hydrogens is 382 g/mol. The predicted molar refractivity (Wildman–Crippen MR) is 113 cm³/mol. The fourth-order valence-electron chi connectivity index (χ4n) is 3.58. The molecule has 0 saturated carbocycles. The number of hydrogen-bond donors (Lipinski definition) is 2. The summed E-state index contributed by atoms with van der Waals surface area (Å²) in [6, 6.07) is 6.25. The topological polar surface area (TPSA) is 98.1 Å². The molecule has 2 aromatic rings. The van der Waals surface area contributed by atoms with Gasteiger partial charge in [0.15, 0.2) is 5.82 Å². The largest absolute Gasteiger partial charge is 0.494 e. The fourth-order valence-corrected chi connectivity index (χ4v) is 3.58. The normalized spacial score (nSPS) is 14.5. The Morgan fingerprint density at radius 3 is 2.60 bits per heavy atom. The molecule has 0 fully saturated rings. The van der Waals surface area contributed by atoms with E-state index in [9.17, 15) is 9.59 Å². The van der Waals surface area contributed by atoms with Gasteiger partial charge in [0.2, 0.25) is 5.91 Å². The lowest BCUT2D eigenvalue weighted by atomic mass is 10.0. The van der Waals surface area contributed by atoms with E-state index in [1.54, 1.807) is 24.3 Å². The molecular formula is C22H31N5O3. The molecule has 0 spiro atoms. The number of aryl methyl sites for hydroxylation is 1. The van der Waals surface area contributed by atoms with E-state index in [1.807, 2.05) is 20.8 Å². The number of carbonyl (C=O) groups excluding carboxylic acids is 2. The smallest absolute Gasteiger partial charge is 0.251 e. The molecule has 0 bridgehead atoms. The Balaban J connectivity index is 1.61. The zero-order valence-electron chi connectivity index (χ0n) is 18.0. The number of nitrogens with zero attached hydrogens (tertiary/aromatic N) is 3. The molecule has 1 aliphatic heterocycles. The highest BCUT2D eigenvalue weighted by Gasteiger charge is 2.25. The molecule has 2 heterocycles. The van der Waals surface area contributed by atoms with Gasteiger partial charge in [-0.25, -0.2) is 0 Å². The molecule has 2 N–H and O–H groups in total. The Bertz CT molecular complexity index is 860. The summed E-state index contributed by atoms with van der Waals surface area (Å²) in [7, 11) is 0. The van der Waals surface area contributed by atoms with Crippen molar-refractivity contribution < 1.29 is 14.3 Å². The minimum absolute atomic E-state index is 0.0628. The average Bonchev–Trinajstić information content (AvgIpc) is 2.96. The van der Waals surface area contributed by atoms with E-state index in [-0.39, 0.29) is 17.7 Å². The second kappa shape index (κ2) is 10.2. The molecule has 0 unspecified atom stereocenters. The summed E-state index contributed by atoms with van der Waals surface area (Å²) in [5, 5.41) is 14.3. The summed E-state index contributed by atoms with van der Waals surface area (Å²) < 4.78 is 7.51. The standard InChI is InChI=1S/C22H31N5O3/c1-4-30-17-11-9-16(10-12-17)21(28)24-20(15(2)3)22(29)23-14-19-26-25-18-8-6-5-7-13-27(18)19/h9-12,15,20H,4-8,13-14H2,1-3H3,(H,23,29)(H,24,28)/t20-/m0/s1. The van der Waals surface area contributed by atoms with Crippen molar-refractivity contribution in [1.82, 2.24) is 25.4 Å². The number of hydrogen-bond acceptors (Lipinski definition) is 5. The number of nitrogens with one attached hydrogen (secondary N) is 2. The van der Waals surface area contributed by atoms with Crippen LogP contribution in [0.25, 0.3) is 0 Å². The molecule has 30 heavy (non-hydrogen) atoms. The maximum absolute atomic E-state index is 12.8. The zero-order chi connectivity index (χ0) is 21.5. The summed E-state index contributed by atoms with van der Waals surface area (Å²) in [4.78, 5) is 25.5. The van der Waals surface area contributed by atoms with Crippen molar-refractivity contribution in [2.75, 3.05) is 6.61 Å². The Morgan fingerprint density at radius 2 is 1.90 bits per heavy atom. The van der Waals surface area contributed by atoms with Gasteiger partial charge in [-0.3, -0.25) is 9.59 Å². The summed E-state index contributed by atoms with van der Waals surface area (Å²) in [6.45, 7) is 7.47. The monoisotopic (exact) mass is 413 g/mol. The third kappa shape index (κ3) is 5.37. The molecule has 1 aliphatic rings. The van der Waals surface area contributed by atoms with Gasteiger partial charge < -0.3 is 19.9 Å². The van der Waals surface area contributed by atoms with Gasteiger partial charge in [0.1, 0.15) is 17.6 Å². The van der Waals surface area contributed by atoms with Crippen molar-refractivity contribution in [1.29, 1.82) is 0 Å². The molecule has 0 aliphatic carbocycles. The third-order valence-corrected chi connectivity index (χ3v) is 5.27. The Hall–Kier alpha value is -2.90. The van der Waals surface area contributed by atoms with Crippen LogP contribution in [0.2, 0.25) is 0 Å². The van der Waals surface area contributed by atoms with Crippen LogP contribution < -0.4 is 15.4 Å². The van der Waals surface area contributed by atoms with Crippen molar-refractivity contribution >= 4 is 11.8 Å². The van der Waals surface area contributed by atoms with Gasteiger partial charge in [-0.1, -0.05) is 20.3 Å². The van der Waals surface area contributed by atoms with E-state index < -0.39 is 6.04 Å². The first kappa shape index (κ1) is 21.8. The van der Waals surface area contributed by atoms with Gasteiger partial charge >= 0.3 is 0 Å². The summed E-state index contributed by atoms with van der Waals surface area (Å²) >= 11 is 0. The van der Waals surface area contributed by atoms with E-state index in [0.29, 0.717) is 24.5 Å². The van der Waals surface area contributed by atoms with Crippen LogP contribution in [0.5, 0.6) is 5.75 Å². The molecule has 162 valence electrons. The second-order valence-electron chi connectivity index (χ2n) is 7.87. The molecule has 2 amide bonds. The van der Waals surface area contributed by atoms with E-state index in [0.717, 1.165) is 37.5 Å². The van der Waals surface area contributed by atoms with E-state index in [2.05, 4.69) is 25.4 Å². The Kier molecular flexibility index (Phi) is 7.43. The van der Waals surface area contributed by atoms with Crippen molar-refractivity contribution in [2.24, 2.45) is 5.92 Å². The zero-order valence-corrected chi connectivity index (χ0v) is 18.0. The molecule has 0 radical (unpaired) electrons. The lowest BCUT2D eigenvalue weighted by Crippen LogP contribution is -2.49. The number of rotatable bonds is 8. The highest BCUT2D eigenvalue weighted by atomic mass is 16.5. The Morgan fingerprint density at radius 1 is 1.13 bits per heavy atom. The number of benzene rings is 1. The van der Waals surface area contributed by atoms with E-state index >= 15 is 0 Å². The molecule has 1 atom stereocenters. The van der Waals surface area contributed by atoms with Crippen LogP contribution in [0.1, 0.15) is 62.0 Å². The van der Waals surface area contributed by atoms with Gasteiger partial charge in [-0.15, -0.1) is 10.2 Å². The molecule has 0 saturated heterocycles. The maximum Gasteiger partial charge on any atom is 0.251 e. The number of amides is 2. The third-order valence-electron chi connectivity index (χ3n) is 5.27. The van der Waals surface area contributed by atoms with Gasteiger partial charge in [-0.2, -0.15) is 0 Å². The van der Waals surface area contributed by atoms with Gasteiger partial charge in [-0.05, 0) is 49.9 Å². The number of carbonyl (C=O) groups is 2. The van der Waals surface area contributed by atoms with Crippen LogP contribution in [0.4, 0.5) is 0 Å². The van der Waals surface area contributed by atoms with Crippen LogP contribution >= 0.6 is 0 Å². The minimum Gasteiger partial charge on any atom is -0.494 e. The predicted octanol–water partition coefficient (Wildman–Crippen LogP) is 2.47. The SMILES string of the molecule is CCOc1ccc(C(=O)N[C@H](C(=O)NCc2nnc3n2CCCCC3)C(C)C)cc1. The van der Waals surface area contributed by atoms with Crippen molar-refractivity contribution in [2.45, 2.75) is 65.6 Å².